The van der Waals surface area contributed by atoms with Gasteiger partial charge in [0, 0.05) is 37.6 Å². The number of nitrogens with one attached hydrogen (secondary N) is 1. The van der Waals surface area contributed by atoms with Gasteiger partial charge >= 0.3 is 24.4 Å². The van der Waals surface area contributed by atoms with Crippen molar-refractivity contribution in [3.05, 3.63) is 201 Å². The largest absolute Gasteiger partial charge is 0.416 e. The van der Waals surface area contributed by atoms with E-state index in [2.05, 4.69) is 4.98 Å². The van der Waals surface area contributed by atoms with Crippen LogP contribution in [0.2, 0.25) is 0 Å². The van der Waals surface area contributed by atoms with E-state index in [0.717, 1.165) is 30.7 Å². The van der Waals surface area contributed by atoms with E-state index >= 15 is 0 Å². The zero-order chi connectivity index (χ0) is 50.5. The Morgan fingerprint density at radius 3 is 1.20 bits per heavy atom. The summed E-state index contributed by atoms with van der Waals surface area (Å²) in [5.41, 5.74) is -0.425. The van der Waals surface area contributed by atoms with Crippen LogP contribution in [-0.2, 0) is 57.2 Å². The molecule has 3 heterocycles. The van der Waals surface area contributed by atoms with Crippen LogP contribution in [0.5, 0.6) is 0 Å². The lowest BCUT2D eigenvalue weighted by molar-refractivity contribution is -0.143. The number of rotatable bonds is 15. The molecule has 0 atom stereocenters. The molecule has 0 spiro atoms. The minimum Gasteiger partial charge on any atom is -0.355 e. The molecule has 0 radical (unpaired) electrons. The predicted molar refractivity (Wildman–Crippen MR) is 250 cm³/mol. The minimum atomic E-state index is -5.20. The molecule has 2 saturated heterocycles. The van der Waals surface area contributed by atoms with Crippen LogP contribution in [0.3, 0.4) is 0 Å². The van der Waals surface area contributed by atoms with Crippen molar-refractivity contribution in [1.82, 2.24) is 24.6 Å². The van der Waals surface area contributed by atoms with Gasteiger partial charge in [0.15, 0.2) is 0 Å². The summed E-state index contributed by atoms with van der Waals surface area (Å²) >= 11 is 0. The summed E-state index contributed by atoms with van der Waals surface area (Å²) in [5, 5.41) is 0. The van der Waals surface area contributed by atoms with Crippen LogP contribution in [0.4, 0.5) is 35.9 Å². The molecule has 362 valence electrons. The third kappa shape index (κ3) is 11.4. The molecular weight excluding hydrogens is 929 g/mol. The maximum Gasteiger partial charge on any atom is 0.416 e. The lowest BCUT2D eigenvalue weighted by atomic mass is 10.0. The van der Waals surface area contributed by atoms with Gasteiger partial charge in [0.1, 0.15) is 11.1 Å². The zero-order valence-corrected chi connectivity index (χ0v) is 37.7. The average molecular weight is 972 g/mol. The van der Waals surface area contributed by atoms with Crippen LogP contribution in [-0.4, -0.2) is 86.5 Å². The molecule has 1 N–H and O–H groups in total. The van der Waals surface area contributed by atoms with Crippen LogP contribution in [0.15, 0.2) is 157 Å². The number of aromatic nitrogens is 1. The van der Waals surface area contributed by atoms with Gasteiger partial charge in [0.25, 0.3) is 23.6 Å². The van der Waals surface area contributed by atoms with Crippen molar-refractivity contribution in [2.24, 2.45) is 0 Å². The normalized spacial score (nSPS) is 15.4. The molecule has 5 aromatic carbocycles. The summed E-state index contributed by atoms with van der Waals surface area (Å²) in [7, 11) is 0. The Morgan fingerprint density at radius 1 is 0.408 bits per heavy atom. The first-order valence-electron chi connectivity index (χ1n) is 22.4. The van der Waals surface area contributed by atoms with Gasteiger partial charge in [-0.2, -0.15) is 26.3 Å². The van der Waals surface area contributed by atoms with Gasteiger partial charge < -0.3 is 4.98 Å². The Balaban J connectivity index is 1.04. The molecule has 11 nitrogen and oxygen atoms in total. The van der Waals surface area contributed by atoms with Gasteiger partial charge in [-0.3, -0.25) is 38.8 Å². The Morgan fingerprint density at radius 2 is 0.789 bits per heavy atom. The molecule has 2 fully saturated rings. The van der Waals surface area contributed by atoms with Crippen LogP contribution >= 0.6 is 0 Å². The van der Waals surface area contributed by atoms with E-state index < -0.39 is 70.3 Å². The summed E-state index contributed by atoms with van der Waals surface area (Å²) in [6.45, 7) is -0.533. The lowest BCUT2D eigenvalue weighted by Gasteiger charge is -2.34. The number of barbiturate groups is 2. The van der Waals surface area contributed by atoms with Crippen molar-refractivity contribution >= 4 is 47.8 Å². The van der Waals surface area contributed by atoms with Crippen molar-refractivity contribution in [2.45, 2.75) is 38.0 Å². The molecule has 0 bridgehead atoms. The maximum absolute atomic E-state index is 14.0. The highest BCUT2D eigenvalue weighted by molar-refractivity contribution is 6.31. The molecule has 1 aromatic heterocycles. The molecule has 71 heavy (non-hydrogen) atoms. The van der Waals surface area contributed by atoms with E-state index in [0.29, 0.717) is 59.1 Å². The van der Waals surface area contributed by atoms with Crippen molar-refractivity contribution in [3.63, 3.8) is 0 Å². The second kappa shape index (κ2) is 20.7. The number of halogens is 6. The fourth-order valence-corrected chi connectivity index (χ4v) is 8.28. The second-order valence-corrected chi connectivity index (χ2v) is 16.8. The van der Waals surface area contributed by atoms with Crippen LogP contribution < -0.4 is 0 Å². The van der Waals surface area contributed by atoms with Gasteiger partial charge in [-0.25, -0.2) is 9.59 Å². The Kier molecular flexibility index (Phi) is 14.3. The first kappa shape index (κ1) is 49.1. The fourth-order valence-electron chi connectivity index (χ4n) is 8.28. The highest BCUT2D eigenvalue weighted by Gasteiger charge is 2.44. The number of carbonyl (C=O) groups excluding carboxylic acids is 6. The topological polar surface area (TPSA) is 131 Å². The molecule has 8 amide bonds. The molecule has 2 aliphatic rings. The van der Waals surface area contributed by atoms with Gasteiger partial charge in [-0.05, 0) is 108 Å². The van der Waals surface area contributed by atoms with Crippen molar-refractivity contribution < 1.29 is 55.1 Å². The van der Waals surface area contributed by atoms with Crippen LogP contribution in [0.1, 0.15) is 44.6 Å². The lowest BCUT2D eigenvalue weighted by Crippen LogP contribution is -2.57. The summed E-state index contributed by atoms with van der Waals surface area (Å²) < 4.78 is 82.7. The number of hydrogen-bond donors (Lipinski definition) is 1. The van der Waals surface area contributed by atoms with E-state index in [9.17, 15) is 55.1 Å². The predicted octanol–water partition coefficient (Wildman–Crippen LogP) is 10.0. The molecule has 17 heteroatoms. The third-order valence-electron chi connectivity index (χ3n) is 12.0. The van der Waals surface area contributed by atoms with Crippen LogP contribution in [0.25, 0.3) is 23.4 Å². The number of carbonyl (C=O) groups is 6. The number of benzene rings is 5. The number of imide groups is 4. The highest BCUT2D eigenvalue weighted by atomic mass is 19.4. The van der Waals surface area contributed by atoms with E-state index in [1.54, 1.807) is 66.7 Å². The molecule has 0 saturated carbocycles. The SMILES string of the molecule is O=C1C(=Cc2ccc(-c3cccc(CCN4C(=O)/C(=C\c5cc(C(F)(F)F)cc(C(F)(F)F)c5)C(=O)N(CCc5ccccc5)C4=O)c3)[nH]2)C(=O)N(CCc2ccccc2)C(=O)N1CCc1ccccc1. The number of urea groups is 2. The highest BCUT2D eigenvalue weighted by Crippen LogP contribution is 2.37. The Labute approximate surface area is 403 Å². The zero-order valence-electron chi connectivity index (χ0n) is 37.7. The van der Waals surface area contributed by atoms with Gasteiger partial charge in [-0.1, -0.05) is 109 Å². The van der Waals surface area contributed by atoms with Gasteiger partial charge in [0.2, 0.25) is 0 Å². The number of H-pyrrole nitrogens is 1. The minimum absolute atomic E-state index is 0.00732. The molecule has 0 unspecified atom stereocenters. The summed E-state index contributed by atoms with van der Waals surface area (Å²) in [6.07, 6.45) is -7.50. The Hall–Kier alpha value is -8.34. The first-order chi connectivity index (χ1) is 33.9. The van der Waals surface area contributed by atoms with E-state index in [-0.39, 0.29) is 50.7 Å². The summed E-state index contributed by atoms with van der Waals surface area (Å²) in [5.74, 6) is -3.87. The molecular formula is C54H43F6N5O6. The van der Waals surface area contributed by atoms with Gasteiger partial charge in [-0.15, -0.1) is 0 Å². The number of aromatic amines is 1. The van der Waals surface area contributed by atoms with Crippen LogP contribution in [0, 0.1) is 0 Å². The number of alkyl halides is 6. The van der Waals surface area contributed by atoms with Crippen molar-refractivity contribution in [1.29, 1.82) is 0 Å². The Bertz CT molecular complexity index is 2960. The molecule has 6 aromatic rings. The third-order valence-corrected chi connectivity index (χ3v) is 12.0. The van der Waals surface area contributed by atoms with Crippen molar-refractivity contribution in [3.8, 4) is 11.3 Å². The average Bonchev–Trinajstić information content (AvgIpc) is 3.83. The van der Waals surface area contributed by atoms with Gasteiger partial charge in [0.05, 0.1) is 11.1 Å². The monoisotopic (exact) mass is 971 g/mol. The van der Waals surface area contributed by atoms with Crippen molar-refractivity contribution in [2.75, 3.05) is 26.2 Å². The molecule has 0 aliphatic carbocycles. The quantitative estimate of drug-likeness (QED) is 0.0620. The number of nitrogens with zero attached hydrogens (tertiary/aromatic N) is 4. The summed E-state index contributed by atoms with van der Waals surface area (Å²) in [6, 6.07) is 36.5. The summed E-state index contributed by atoms with van der Waals surface area (Å²) in [4.78, 5) is 90.1. The number of amides is 8. The number of hydrogen-bond acceptors (Lipinski definition) is 6. The standard InChI is InChI=1S/C54H43F6N5O6/c55-53(56,57)41-30-39(31-42(33-41)54(58,59)60)32-44-47(66)62(25-21-35-11-4-1-5-12-35)51(70)65(48(44)67)28-24-38-17-10-18-40(29-38)46-20-19-43(61-46)34-45-49(68)63(26-22-36-13-6-2-7-14-36)52(71)64(50(45)69)27-23-37-15-8-3-9-16-37/h1-20,29-34,61H,21-28H2/b44-32-. The maximum atomic E-state index is 14.0. The smallest absolute Gasteiger partial charge is 0.355 e. The molecule has 8 rings (SSSR count). The van der Waals surface area contributed by atoms with E-state index in [1.807, 2.05) is 60.7 Å². The first-order valence-corrected chi connectivity index (χ1v) is 22.4. The van der Waals surface area contributed by atoms with E-state index in [1.165, 1.54) is 6.08 Å². The fraction of sp³-hybridized carbons (Fsp3) is 0.185. The molecule has 2 aliphatic heterocycles. The van der Waals surface area contributed by atoms with E-state index in [4.69, 9.17) is 0 Å². The second-order valence-electron chi connectivity index (χ2n) is 16.8.